The Bertz CT molecular complexity index is 1380. The van der Waals surface area contributed by atoms with Crippen molar-refractivity contribution in [2.75, 3.05) is 13.2 Å². The molecule has 0 aromatic rings. The number of unbranched alkanes of at least 4 members (excludes halogenated alkanes) is 47. The van der Waals surface area contributed by atoms with Crippen LogP contribution < -0.4 is 0 Å². The molecule has 0 radical (unpaired) electrons. The summed E-state index contributed by atoms with van der Waals surface area (Å²) in [5.41, 5.74) is 0. The SMILES string of the molecule is CCC/C=C\C/C=C\CCCCCCCC(=O)OCC(COC(=O)CCCCCCCCCCCCCCCCCCCCCCC/C=C\C/C=C\CCCCCCC)OC(=O)CCCCCCCCCCCCCCCCCC. The van der Waals surface area contributed by atoms with Gasteiger partial charge in [0.1, 0.15) is 13.2 Å². The monoisotopic (exact) mass is 1120 g/mol. The van der Waals surface area contributed by atoms with Crippen molar-refractivity contribution < 1.29 is 28.6 Å². The Morgan fingerprint density at radius 1 is 0.250 bits per heavy atom. The van der Waals surface area contributed by atoms with Crippen LogP contribution in [0.15, 0.2) is 48.6 Å². The number of hydrogen-bond acceptors (Lipinski definition) is 6. The largest absolute Gasteiger partial charge is 0.462 e. The molecular weight excluding hydrogens is 985 g/mol. The summed E-state index contributed by atoms with van der Waals surface area (Å²) < 4.78 is 17.0. The number of rotatable bonds is 66. The van der Waals surface area contributed by atoms with Crippen LogP contribution in [0.3, 0.4) is 0 Å². The number of allylic oxidation sites excluding steroid dienone is 8. The fourth-order valence-corrected chi connectivity index (χ4v) is 10.7. The van der Waals surface area contributed by atoms with E-state index in [1.54, 1.807) is 0 Å². The van der Waals surface area contributed by atoms with Gasteiger partial charge in [0.25, 0.3) is 0 Å². The number of carbonyl (C=O) groups is 3. The smallest absolute Gasteiger partial charge is 0.306 e. The maximum atomic E-state index is 12.9. The van der Waals surface area contributed by atoms with E-state index in [4.69, 9.17) is 14.2 Å². The van der Waals surface area contributed by atoms with Crippen LogP contribution >= 0.6 is 0 Å². The molecule has 0 heterocycles. The Morgan fingerprint density at radius 2 is 0.475 bits per heavy atom. The van der Waals surface area contributed by atoms with Crippen LogP contribution in [0.1, 0.15) is 387 Å². The van der Waals surface area contributed by atoms with E-state index in [1.807, 2.05) is 0 Å². The van der Waals surface area contributed by atoms with Crippen molar-refractivity contribution in [2.45, 2.75) is 393 Å². The highest BCUT2D eigenvalue weighted by Gasteiger charge is 2.19. The number of esters is 3. The van der Waals surface area contributed by atoms with Gasteiger partial charge in [0, 0.05) is 19.3 Å². The summed E-state index contributed by atoms with van der Waals surface area (Å²) in [5, 5.41) is 0. The van der Waals surface area contributed by atoms with Gasteiger partial charge in [-0.2, -0.15) is 0 Å². The third-order valence-corrected chi connectivity index (χ3v) is 16.0. The molecule has 0 aromatic heterocycles. The summed E-state index contributed by atoms with van der Waals surface area (Å²) in [6.07, 6.45) is 87.3. The average molecular weight is 1120 g/mol. The second kappa shape index (κ2) is 68.9. The molecule has 0 aliphatic carbocycles. The van der Waals surface area contributed by atoms with Crippen LogP contribution in [0, 0.1) is 0 Å². The summed E-state index contributed by atoms with van der Waals surface area (Å²) in [4.78, 5) is 38.3. The highest BCUT2D eigenvalue weighted by Crippen LogP contribution is 2.18. The first kappa shape index (κ1) is 77.4. The maximum absolute atomic E-state index is 12.9. The normalized spacial score (nSPS) is 12.3. The Balaban J connectivity index is 4.10. The predicted molar refractivity (Wildman–Crippen MR) is 349 cm³/mol. The average Bonchev–Trinajstić information content (AvgIpc) is 3.46. The van der Waals surface area contributed by atoms with Crippen molar-refractivity contribution in [3.05, 3.63) is 48.6 Å². The first-order valence-corrected chi connectivity index (χ1v) is 35.6. The molecule has 0 fully saturated rings. The molecule has 6 nitrogen and oxygen atoms in total. The molecular formula is C74H136O6. The molecule has 468 valence electrons. The minimum Gasteiger partial charge on any atom is -0.462 e. The van der Waals surface area contributed by atoms with Crippen LogP contribution in [0.25, 0.3) is 0 Å². The third kappa shape index (κ3) is 66.2. The maximum Gasteiger partial charge on any atom is 0.306 e. The molecule has 0 aliphatic heterocycles. The lowest BCUT2D eigenvalue weighted by Crippen LogP contribution is -2.30. The molecule has 0 aromatic carbocycles. The highest BCUT2D eigenvalue weighted by atomic mass is 16.6. The highest BCUT2D eigenvalue weighted by molar-refractivity contribution is 5.71. The molecule has 0 saturated heterocycles. The van der Waals surface area contributed by atoms with E-state index in [0.717, 1.165) is 89.9 Å². The number of carbonyl (C=O) groups excluding carboxylic acids is 3. The van der Waals surface area contributed by atoms with Crippen LogP contribution in [-0.2, 0) is 28.6 Å². The summed E-state index contributed by atoms with van der Waals surface area (Å²) in [7, 11) is 0. The van der Waals surface area contributed by atoms with Crippen LogP contribution in [0.2, 0.25) is 0 Å². The van der Waals surface area contributed by atoms with Gasteiger partial charge in [0.05, 0.1) is 0 Å². The zero-order chi connectivity index (χ0) is 57.8. The second-order valence-corrected chi connectivity index (χ2v) is 24.1. The summed E-state index contributed by atoms with van der Waals surface area (Å²) in [6.45, 7) is 6.62. The summed E-state index contributed by atoms with van der Waals surface area (Å²) >= 11 is 0. The quantitative estimate of drug-likeness (QED) is 0.0261. The first-order chi connectivity index (χ1) is 39.5. The van der Waals surface area contributed by atoms with E-state index in [-0.39, 0.29) is 31.1 Å². The Kier molecular flexibility index (Phi) is 66.6. The minimum atomic E-state index is -0.776. The van der Waals surface area contributed by atoms with E-state index in [2.05, 4.69) is 69.4 Å². The van der Waals surface area contributed by atoms with Gasteiger partial charge in [0.15, 0.2) is 6.10 Å². The van der Waals surface area contributed by atoms with Gasteiger partial charge >= 0.3 is 17.9 Å². The van der Waals surface area contributed by atoms with Crippen LogP contribution in [-0.4, -0.2) is 37.2 Å². The van der Waals surface area contributed by atoms with Crippen molar-refractivity contribution in [2.24, 2.45) is 0 Å². The van der Waals surface area contributed by atoms with Crippen molar-refractivity contribution in [1.29, 1.82) is 0 Å². The molecule has 1 unspecified atom stereocenters. The van der Waals surface area contributed by atoms with E-state index < -0.39 is 6.10 Å². The number of hydrogen-bond donors (Lipinski definition) is 0. The van der Waals surface area contributed by atoms with E-state index in [9.17, 15) is 14.4 Å². The lowest BCUT2D eigenvalue weighted by Gasteiger charge is -2.18. The van der Waals surface area contributed by atoms with Gasteiger partial charge in [-0.3, -0.25) is 14.4 Å². The zero-order valence-electron chi connectivity index (χ0n) is 53.9. The molecule has 0 rings (SSSR count). The fraction of sp³-hybridized carbons (Fsp3) is 0.851. The molecule has 0 amide bonds. The molecule has 0 spiro atoms. The van der Waals surface area contributed by atoms with Crippen molar-refractivity contribution in [1.82, 2.24) is 0 Å². The Labute approximate surface area is 498 Å². The predicted octanol–water partition coefficient (Wildman–Crippen LogP) is 24.5. The summed E-state index contributed by atoms with van der Waals surface area (Å²) in [5.74, 6) is -0.861. The topological polar surface area (TPSA) is 78.9 Å². The van der Waals surface area contributed by atoms with Crippen molar-refractivity contribution >= 4 is 17.9 Å². The van der Waals surface area contributed by atoms with Gasteiger partial charge in [0.2, 0.25) is 0 Å². The van der Waals surface area contributed by atoms with Crippen molar-refractivity contribution in [3.8, 4) is 0 Å². The molecule has 1 atom stereocenters. The molecule has 0 saturated carbocycles. The lowest BCUT2D eigenvalue weighted by atomic mass is 10.0. The van der Waals surface area contributed by atoms with Gasteiger partial charge in [-0.25, -0.2) is 0 Å². The summed E-state index contributed by atoms with van der Waals surface area (Å²) in [6, 6.07) is 0. The van der Waals surface area contributed by atoms with E-state index in [0.29, 0.717) is 19.3 Å². The molecule has 0 aliphatic rings. The second-order valence-electron chi connectivity index (χ2n) is 24.1. The zero-order valence-corrected chi connectivity index (χ0v) is 53.9. The van der Waals surface area contributed by atoms with Crippen LogP contribution in [0.4, 0.5) is 0 Å². The standard InChI is InChI=1S/C74H136O6/c1-4-7-10-13-16-19-22-25-27-29-30-31-32-33-34-35-36-37-38-39-40-41-42-43-44-45-47-49-52-55-58-61-64-67-73(76)79-70-71(69-78-72(75)66-63-60-57-54-51-48-24-21-18-15-12-9-6-3)80-74(77)68-65-62-59-56-53-50-46-28-26-23-20-17-14-11-8-5-2/h12,15,21-22,24-25,29-30,71H,4-11,13-14,16-20,23,26-28,31-70H2,1-3H3/b15-12-,24-21-,25-22-,30-29-. The Hall–Kier alpha value is -2.63. The lowest BCUT2D eigenvalue weighted by molar-refractivity contribution is -0.167. The molecule has 0 bridgehead atoms. The van der Waals surface area contributed by atoms with E-state index >= 15 is 0 Å². The fourth-order valence-electron chi connectivity index (χ4n) is 10.7. The minimum absolute atomic E-state index is 0.0719. The van der Waals surface area contributed by atoms with E-state index in [1.165, 1.54) is 257 Å². The third-order valence-electron chi connectivity index (χ3n) is 16.0. The molecule has 6 heteroatoms. The first-order valence-electron chi connectivity index (χ1n) is 35.6. The van der Waals surface area contributed by atoms with Gasteiger partial charge in [-0.05, 0) is 77.0 Å². The van der Waals surface area contributed by atoms with Gasteiger partial charge in [-0.1, -0.05) is 339 Å². The van der Waals surface area contributed by atoms with Crippen molar-refractivity contribution in [3.63, 3.8) is 0 Å². The van der Waals surface area contributed by atoms with Crippen LogP contribution in [0.5, 0.6) is 0 Å². The Morgan fingerprint density at radius 3 is 0.738 bits per heavy atom. The van der Waals surface area contributed by atoms with Gasteiger partial charge in [-0.15, -0.1) is 0 Å². The molecule has 80 heavy (non-hydrogen) atoms. The number of ether oxygens (including phenoxy) is 3. The molecule has 0 N–H and O–H groups in total. The van der Waals surface area contributed by atoms with Gasteiger partial charge < -0.3 is 14.2 Å².